The summed E-state index contributed by atoms with van der Waals surface area (Å²) in [4.78, 5) is 0. The molecule has 0 unspecified atom stereocenters. The van der Waals surface area contributed by atoms with E-state index >= 15 is 0 Å². The molecule has 0 spiro atoms. The Morgan fingerprint density at radius 1 is 0.800 bits per heavy atom. The summed E-state index contributed by atoms with van der Waals surface area (Å²) >= 11 is 0. The third kappa shape index (κ3) is 1.48. The molecule has 0 saturated heterocycles. The Morgan fingerprint density at radius 2 is 1.47 bits per heavy atom. The maximum atomic E-state index is 5.80. The molecular formula is C14H15N. The van der Waals surface area contributed by atoms with Crippen LogP contribution in [0, 0.1) is 0 Å². The number of rotatable bonds is 0. The molecule has 2 N–H and O–H groups in total. The molecule has 76 valence electrons. The van der Waals surface area contributed by atoms with Gasteiger partial charge >= 0.3 is 0 Å². The molecule has 2 aromatic rings. The van der Waals surface area contributed by atoms with E-state index < -0.39 is 0 Å². The predicted molar refractivity (Wildman–Crippen MR) is 65.0 cm³/mol. The minimum absolute atomic E-state index is 0.859. The first kappa shape index (κ1) is 8.78. The lowest BCUT2D eigenvalue weighted by molar-refractivity contribution is 0.687. The fraction of sp³-hybridized carbons (Fsp3) is 0.286. The molecule has 0 saturated carbocycles. The number of benzene rings is 2. The second-order valence-electron chi connectivity index (χ2n) is 4.43. The van der Waals surface area contributed by atoms with Gasteiger partial charge in [0.2, 0.25) is 0 Å². The molecule has 0 amide bonds. The number of aryl methyl sites for hydroxylation is 2. The SMILES string of the molecule is Nc1ccc2cc3c(cc2c1)CCCC3. The molecule has 15 heavy (non-hydrogen) atoms. The van der Waals surface area contributed by atoms with Gasteiger partial charge < -0.3 is 5.73 Å². The second-order valence-corrected chi connectivity index (χ2v) is 4.43. The van der Waals surface area contributed by atoms with Crippen molar-refractivity contribution in [3.63, 3.8) is 0 Å². The number of nitrogen functional groups attached to an aromatic ring is 1. The number of hydrogen-bond acceptors (Lipinski definition) is 1. The van der Waals surface area contributed by atoms with Crippen LogP contribution < -0.4 is 5.73 Å². The lowest BCUT2D eigenvalue weighted by Crippen LogP contribution is -2.02. The van der Waals surface area contributed by atoms with E-state index in [-0.39, 0.29) is 0 Å². The molecular weight excluding hydrogens is 182 g/mol. The van der Waals surface area contributed by atoms with Crippen molar-refractivity contribution in [3.8, 4) is 0 Å². The number of nitrogens with two attached hydrogens (primary N) is 1. The van der Waals surface area contributed by atoms with Crippen molar-refractivity contribution in [2.75, 3.05) is 5.73 Å². The van der Waals surface area contributed by atoms with Gasteiger partial charge in [0.05, 0.1) is 0 Å². The minimum atomic E-state index is 0.859. The van der Waals surface area contributed by atoms with Crippen LogP contribution in [0.25, 0.3) is 10.8 Å². The molecule has 3 rings (SSSR count). The topological polar surface area (TPSA) is 26.0 Å². The highest BCUT2D eigenvalue weighted by Crippen LogP contribution is 2.27. The molecule has 2 aromatic carbocycles. The standard InChI is InChI=1S/C14H15N/c15-14-6-5-12-7-10-3-1-2-4-11(10)8-13(12)9-14/h5-9H,1-4,15H2. The van der Waals surface area contributed by atoms with E-state index in [1.165, 1.54) is 42.0 Å². The van der Waals surface area contributed by atoms with Crippen LogP contribution in [0.1, 0.15) is 24.0 Å². The zero-order valence-electron chi connectivity index (χ0n) is 8.79. The largest absolute Gasteiger partial charge is 0.399 e. The average molecular weight is 197 g/mol. The van der Waals surface area contributed by atoms with E-state index in [9.17, 15) is 0 Å². The third-order valence-corrected chi connectivity index (χ3v) is 3.32. The number of anilines is 1. The highest BCUT2D eigenvalue weighted by Gasteiger charge is 2.09. The zero-order chi connectivity index (χ0) is 10.3. The van der Waals surface area contributed by atoms with Crippen molar-refractivity contribution in [2.24, 2.45) is 0 Å². The monoisotopic (exact) mass is 197 g/mol. The molecule has 1 aliphatic carbocycles. The van der Waals surface area contributed by atoms with Crippen LogP contribution in [-0.4, -0.2) is 0 Å². The Kier molecular flexibility index (Phi) is 1.91. The molecule has 0 heterocycles. The highest BCUT2D eigenvalue weighted by molar-refractivity contribution is 5.86. The van der Waals surface area contributed by atoms with Crippen LogP contribution in [-0.2, 0) is 12.8 Å². The molecule has 0 aliphatic heterocycles. The molecule has 0 bridgehead atoms. The Labute approximate surface area is 89.9 Å². The summed E-state index contributed by atoms with van der Waals surface area (Å²) in [7, 11) is 0. The molecule has 1 aliphatic rings. The first-order chi connectivity index (χ1) is 7.33. The molecule has 1 nitrogen and oxygen atoms in total. The maximum Gasteiger partial charge on any atom is 0.0320 e. The van der Waals surface area contributed by atoms with Crippen molar-refractivity contribution in [2.45, 2.75) is 25.7 Å². The summed E-state index contributed by atoms with van der Waals surface area (Å²) in [5, 5.41) is 2.61. The molecule has 1 heteroatoms. The minimum Gasteiger partial charge on any atom is -0.399 e. The highest BCUT2D eigenvalue weighted by atomic mass is 14.5. The Hall–Kier alpha value is -1.50. The third-order valence-electron chi connectivity index (χ3n) is 3.32. The van der Waals surface area contributed by atoms with Gasteiger partial charge in [0.1, 0.15) is 0 Å². The maximum absolute atomic E-state index is 5.80. The van der Waals surface area contributed by atoms with Crippen LogP contribution in [0.5, 0.6) is 0 Å². The first-order valence-corrected chi connectivity index (χ1v) is 5.64. The van der Waals surface area contributed by atoms with Crippen LogP contribution in [0.4, 0.5) is 5.69 Å². The van der Waals surface area contributed by atoms with Gasteiger partial charge in [-0.2, -0.15) is 0 Å². The van der Waals surface area contributed by atoms with Crippen LogP contribution in [0.2, 0.25) is 0 Å². The van der Waals surface area contributed by atoms with Crippen LogP contribution in [0.15, 0.2) is 30.3 Å². The fourth-order valence-electron chi connectivity index (χ4n) is 2.51. The van der Waals surface area contributed by atoms with Crippen LogP contribution >= 0.6 is 0 Å². The summed E-state index contributed by atoms with van der Waals surface area (Å²) < 4.78 is 0. The van der Waals surface area contributed by atoms with Gasteiger partial charge in [-0.15, -0.1) is 0 Å². The van der Waals surface area contributed by atoms with Gasteiger partial charge in [0.25, 0.3) is 0 Å². The summed E-state index contributed by atoms with van der Waals surface area (Å²) in [6.45, 7) is 0. The van der Waals surface area contributed by atoms with E-state index in [2.05, 4.69) is 24.3 Å². The van der Waals surface area contributed by atoms with Crippen molar-refractivity contribution < 1.29 is 0 Å². The number of fused-ring (bicyclic) bond motifs is 2. The first-order valence-electron chi connectivity index (χ1n) is 5.64. The summed E-state index contributed by atoms with van der Waals surface area (Å²) in [6, 6.07) is 10.8. The quantitative estimate of drug-likeness (QED) is 0.644. The molecule has 0 aromatic heterocycles. The Morgan fingerprint density at radius 3 is 2.20 bits per heavy atom. The van der Waals surface area contributed by atoms with Gasteiger partial charge in [0, 0.05) is 5.69 Å². The Balaban J connectivity index is 2.26. The summed E-state index contributed by atoms with van der Waals surface area (Å²) in [5.74, 6) is 0. The van der Waals surface area contributed by atoms with E-state index in [0.29, 0.717) is 0 Å². The van der Waals surface area contributed by atoms with Gasteiger partial charge in [-0.3, -0.25) is 0 Å². The molecule has 0 fully saturated rings. The molecule has 0 atom stereocenters. The van der Waals surface area contributed by atoms with Crippen LogP contribution in [0.3, 0.4) is 0 Å². The average Bonchev–Trinajstić information content (AvgIpc) is 2.26. The van der Waals surface area contributed by atoms with Crippen molar-refractivity contribution in [1.29, 1.82) is 0 Å². The lowest BCUT2D eigenvalue weighted by Gasteiger charge is -2.16. The van der Waals surface area contributed by atoms with Gasteiger partial charge in [-0.1, -0.05) is 18.2 Å². The smallest absolute Gasteiger partial charge is 0.0320 e. The van der Waals surface area contributed by atoms with E-state index in [1.54, 1.807) is 5.56 Å². The Bertz CT molecular complexity index is 514. The summed E-state index contributed by atoms with van der Waals surface area (Å²) in [6.07, 6.45) is 5.16. The van der Waals surface area contributed by atoms with Crippen molar-refractivity contribution >= 4 is 16.5 Å². The van der Waals surface area contributed by atoms with Crippen molar-refractivity contribution in [3.05, 3.63) is 41.5 Å². The van der Waals surface area contributed by atoms with Gasteiger partial charge in [-0.05, 0) is 59.7 Å². The van der Waals surface area contributed by atoms with Gasteiger partial charge in [-0.25, -0.2) is 0 Å². The van der Waals surface area contributed by atoms with E-state index in [1.807, 2.05) is 6.07 Å². The normalized spacial score (nSPS) is 15.2. The van der Waals surface area contributed by atoms with E-state index in [4.69, 9.17) is 5.73 Å². The lowest BCUT2D eigenvalue weighted by atomic mass is 9.89. The fourth-order valence-corrected chi connectivity index (χ4v) is 2.51. The molecule has 0 radical (unpaired) electrons. The number of hydrogen-bond donors (Lipinski definition) is 1. The second kappa shape index (κ2) is 3.27. The van der Waals surface area contributed by atoms with Crippen molar-refractivity contribution in [1.82, 2.24) is 0 Å². The van der Waals surface area contributed by atoms with E-state index in [0.717, 1.165) is 5.69 Å². The summed E-state index contributed by atoms with van der Waals surface area (Å²) in [5.41, 5.74) is 9.73. The zero-order valence-corrected chi connectivity index (χ0v) is 8.79. The van der Waals surface area contributed by atoms with Gasteiger partial charge in [0.15, 0.2) is 0 Å². The predicted octanol–water partition coefficient (Wildman–Crippen LogP) is 3.30.